The maximum absolute atomic E-state index is 12.4. The number of nitrogens with zero attached hydrogens (tertiary/aromatic N) is 4. The minimum absolute atomic E-state index is 0.276. The molecule has 27 heavy (non-hydrogen) atoms. The molecule has 0 bridgehead atoms. The van der Waals surface area contributed by atoms with Crippen LogP contribution < -0.4 is 4.90 Å². The fraction of sp³-hybridized carbons (Fsp3) is 0.632. The van der Waals surface area contributed by atoms with Gasteiger partial charge in [-0.25, -0.2) is 14.8 Å². The number of esters is 1. The van der Waals surface area contributed by atoms with E-state index in [4.69, 9.17) is 14.7 Å². The molecule has 7 nitrogen and oxygen atoms in total. The van der Waals surface area contributed by atoms with Gasteiger partial charge < -0.3 is 19.6 Å². The zero-order valence-electron chi connectivity index (χ0n) is 16.7. The van der Waals surface area contributed by atoms with E-state index in [0.717, 1.165) is 34.6 Å². The molecular formula is C19H28N4O3S. The highest BCUT2D eigenvalue weighted by Gasteiger charge is 2.29. The van der Waals surface area contributed by atoms with Gasteiger partial charge in [-0.2, -0.15) is 0 Å². The number of β-amino-alcohol motifs (C(OH)–C–C–N with tert-alkyl or cyclic N) is 1. The Bertz CT molecular complexity index is 836. The number of rotatable bonds is 5. The standard InChI is InChI=1S/C19H28N4O3S/c1-6-26-19(25)16-12(3)15-17(23-8-7-11(2)13(24)9-23)20-14(10-22(4)5)21-18(15)27-16/h11,13,24H,6-10H2,1-5H3. The molecule has 3 rings (SSSR count). The minimum atomic E-state index is -0.385. The highest BCUT2D eigenvalue weighted by molar-refractivity contribution is 7.20. The van der Waals surface area contributed by atoms with Gasteiger partial charge in [-0.15, -0.1) is 11.3 Å². The summed E-state index contributed by atoms with van der Waals surface area (Å²) in [6.07, 6.45) is 0.522. The monoisotopic (exact) mass is 392 g/mol. The molecule has 2 atom stereocenters. The number of carbonyl (C=O) groups excluding carboxylic acids is 1. The smallest absolute Gasteiger partial charge is 0.348 e. The van der Waals surface area contributed by atoms with Gasteiger partial charge in [-0.1, -0.05) is 6.92 Å². The van der Waals surface area contributed by atoms with Crippen molar-refractivity contribution in [1.82, 2.24) is 14.9 Å². The molecule has 0 radical (unpaired) electrons. The molecule has 0 spiro atoms. The zero-order chi connectivity index (χ0) is 19.7. The molecule has 8 heteroatoms. The molecule has 1 N–H and O–H groups in total. The van der Waals surface area contributed by atoms with Gasteiger partial charge in [0.25, 0.3) is 0 Å². The third-order valence-electron chi connectivity index (χ3n) is 4.95. The molecule has 0 aliphatic carbocycles. The number of aryl methyl sites for hydroxylation is 1. The van der Waals surface area contributed by atoms with Gasteiger partial charge in [0, 0.05) is 13.1 Å². The number of aliphatic hydroxyl groups is 1. The Kier molecular flexibility index (Phi) is 5.98. The second-order valence-electron chi connectivity index (χ2n) is 7.44. The van der Waals surface area contributed by atoms with Crippen LogP contribution >= 0.6 is 11.3 Å². The van der Waals surface area contributed by atoms with Crippen molar-refractivity contribution in [3.05, 3.63) is 16.3 Å². The molecule has 0 amide bonds. The third kappa shape index (κ3) is 4.07. The first kappa shape index (κ1) is 20.0. The molecule has 2 unspecified atom stereocenters. The average molecular weight is 393 g/mol. The number of thiophene rings is 1. The summed E-state index contributed by atoms with van der Waals surface area (Å²) in [6.45, 7) is 8.12. The Morgan fingerprint density at radius 2 is 2.15 bits per heavy atom. The molecule has 3 heterocycles. The largest absolute Gasteiger partial charge is 0.462 e. The summed E-state index contributed by atoms with van der Waals surface area (Å²) in [5.74, 6) is 1.49. The predicted molar refractivity (Wildman–Crippen MR) is 108 cm³/mol. The van der Waals surface area contributed by atoms with Gasteiger partial charge in [-0.05, 0) is 45.8 Å². The Balaban J connectivity index is 2.12. The number of aliphatic hydroxyl groups excluding tert-OH is 1. The van der Waals surface area contributed by atoms with E-state index >= 15 is 0 Å². The second-order valence-corrected chi connectivity index (χ2v) is 8.44. The summed E-state index contributed by atoms with van der Waals surface area (Å²) >= 11 is 1.36. The number of aromatic nitrogens is 2. The molecule has 0 aromatic carbocycles. The summed E-state index contributed by atoms with van der Waals surface area (Å²) in [6, 6.07) is 0. The van der Waals surface area contributed by atoms with Gasteiger partial charge in [0.2, 0.25) is 0 Å². The summed E-state index contributed by atoms with van der Waals surface area (Å²) < 4.78 is 5.21. The number of fused-ring (bicyclic) bond motifs is 1. The average Bonchev–Trinajstić information content (AvgIpc) is 2.93. The minimum Gasteiger partial charge on any atom is -0.462 e. The van der Waals surface area contributed by atoms with E-state index in [1.807, 2.05) is 25.9 Å². The van der Waals surface area contributed by atoms with Crippen LogP contribution in [0.4, 0.5) is 5.82 Å². The van der Waals surface area contributed by atoms with Crippen molar-refractivity contribution in [3.63, 3.8) is 0 Å². The normalized spacial score (nSPS) is 20.5. The van der Waals surface area contributed by atoms with Gasteiger partial charge in [0.05, 0.1) is 24.6 Å². The highest BCUT2D eigenvalue weighted by Crippen LogP contribution is 2.37. The van der Waals surface area contributed by atoms with Crippen molar-refractivity contribution >= 4 is 33.3 Å². The van der Waals surface area contributed by atoms with Crippen molar-refractivity contribution in [1.29, 1.82) is 0 Å². The van der Waals surface area contributed by atoms with Crippen molar-refractivity contribution in [2.75, 3.05) is 38.7 Å². The molecule has 1 saturated heterocycles. The van der Waals surface area contributed by atoms with Crippen LogP contribution in [0.2, 0.25) is 0 Å². The topological polar surface area (TPSA) is 78.8 Å². The van der Waals surface area contributed by atoms with Gasteiger partial charge >= 0.3 is 5.97 Å². The van der Waals surface area contributed by atoms with Crippen molar-refractivity contribution in [3.8, 4) is 0 Å². The number of carbonyl (C=O) groups is 1. The lowest BCUT2D eigenvalue weighted by atomic mass is 9.96. The first-order valence-corrected chi connectivity index (χ1v) is 10.2. The molecule has 1 fully saturated rings. The molecular weight excluding hydrogens is 364 g/mol. The Morgan fingerprint density at radius 3 is 2.78 bits per heavy atom. The van der Waals surface area contributed by atoms with Crippen LogP contribution in [0.25, 0.3) is 10.2 Å². The summed E-state index contributed by atoms with van der Waals surface area (Å²) in [5.41, 5.74) is 0.855. The van der Waals surface area contributed by atoms with E-state index in [9.17, 15) is 9.90 Å². The van der Waals surface area contributed by atoms with E-state index in [1.165, 1.54) is 11.3 Å². The van der Waals surface area contributed by atoms with Crippen LogP contribution in [-0.2, 0) is 11.3 Å². The van der Waals surface area contributed by atoms with Gasteiger partial charge in [-0.3, -0.25) is 0 Å². The van der Waals surface area contributed by atoms with Gasteiger partial charge in [0.15, 0.2) is 0 Å². The molecule has 0 saturated carbocycles. The fourth-order valence-electron chi connectivity index (χ4n) is 3.38. The van der Waals surface area contributed by atoms with E-state index in [1.54, 1.807) is 6.92 Å². The SMILES string of the molecule is CCOC(=O)c1sc2nc(CN(C)C)nc(N3CCC(C)C(O)C3)c2c1C. The van der Waals surface area contributed by atoms with Crippen LogP contribution in [-0.4, -0.2) is 65.8 Å². The van der Waals surface area contributed by atoms with Crippen molar-refractivity contribution < 1.29 is 14.6 Å². The molecule has 2 aromatic heterocycles. The van der Waals surface area contributed by atoms with Crippen LogP contribution in [0.1, 0.15) is 41.3 Å². The lowest BCUT2D eigenvalue weighted by Gasteiger charge is -2.35. The van der Waals surface area contributed by atoms with Crippen molar-refractivity contribution in [2.45, 2.75) is 39.8 Å². The lowest BCUT2D eigenvalue weighted by Crippen LogP contribution is -2.43. The van der Waals surface area contributed by atoms with Crippen LogP contribution in [0.3, 0.4) is 0 Å². The first-order chi connectivity index (χ1) is 12.8. The maximum atomic E-state index is 12.4. The Hall–Kier alpha value is -1.77. The number of piperidine rings is 1. The van der Waals surface area contributed by atoms with Crippen LogP contribution in [0, 0.1) is 12.8 Å². The van der Waals surface area contributed by atoms with E-state index in [0.29, 0.717) is 30.4 Å². The van der Waals surface area contributed by atoms with E-state index < -0.39 is 0 Å². The van der Waals surface area contributed by atoms with Crippen molar-refractivity contribution in [2.24, 2.45) is 5.92 Å². The fourth-order valence-corrected chi connectivity index (χ4v) is 4.46. The molecule has 1 aliphatic heterocycles. The summed E-state index contributed by atoms with van der Waals surface area (Å²) in [4.78, 5) is 27.4. The Labute approximate surface area is 164 Å². The predicted octanol–water partition coefficient (Wildman–Crippen LogP) is 2.45. The molecule has 148 valence electrons. The summed E-state index contributed by atoms with van der Waals surface area (Å²) in [7, 11) is 3.95. The quantitative estimate of drug-likeness (QED) is 0.783. The number of ether oxygens (including phenoxy) is 1. The summed E-state index contributed by atoms with van der Waals surface area (Å²) in [5, 5.41) is 11.3. The molecule has 2 aromatic rings. The number of hydrogen-bond acceptors (Lipinski definition) is 8. The number of hydrogen-bond donors (Lipinski definition) is 1. The zero-order valence-corrected chi connectivity index (χ0v) is 17.5. The van der Waals surface area contributed by atoms with Crippen LogP contribution in [0.15, 0.2) is 0 Å². The second kappa shape index (κ2) is 8.08. The third-order valence-corrected chi connectivity index (χ3v) is 6.12. The molecule has 1 aliphatic rings. The lowest BCUT2D eigenvalue weighted by molar-refractivity contribution is 0.0531. The van der Waals surface area contributed by atoms with E-state index in [-0.39, 0.29) is 18.0 Å². The number of anilines is 1. The Morgan fingerprint density at radius 1 is 1.41 bits per heavy atom. The van der Waals surface area contributed by atoms with Crippen LogP contribution in [0.5, 0.6) is 0 Å². The maximum Gasteiger partial charge on any atom is 0.348 e. The first-order valence-electron chi connectivity index (χ1n) is 9.36. The van der Waals surface area contributed by atoms with E-state index in [2.05, 4.69) is 11.8 Å². The van der Waals surface area contributed by atoms with Gasteiger partial charge in [0.1, 0.15) is 21.3 Å². The highest BCUT2D eigenvalue weighted by atomic mass is 32.1.